The number of ether oxygens (including phenoxy) is 1. The zero-order valence-corrected chi connectivity index (χ0v) is 18.0. The Morgan fingerprint density at radius 1 is 1.41 bits per heavy atom. The van der Waals surface area contributed by atoms with Gasteiger partial charge in [0, 0.05) is 28.2 Å². The van der Waals surface area contributed by atoms with Crippen molar-refractivity contribution in [1.82, 2.24) is 4.90 Å². The zero-order valence-electron chi connectivity index (χ0n) is 16.4. The van der Waals surface area contributed by atoms with Gasteiger partial charge in [0.1, 0.15) is 19.1 Å². The number of aliphatic hydroxyl groups is 1. The molecule has 0 unspecified atom stereocenters. The third-order valence-corrected chi connectivity index (χ3v) is 7.08. The van der Waals surface area contributed by atoms with E-state index in [4.69, 9.17) is 16.3 Å². The van der Waals surface area contributed by atoms with Crippen LogP contribution in [-0.2, 0) is 0 Å². The Bertz CT molecular complexity index is 850. The van der Waals surface area contributed by atoms with Gasteiger partial charge in [-0.05, 0) is 43.9 Å². The number of carbonyl (C=O) groups excluding carboxylic acids is 1. The Balaban J connectivity index is 1.96. The molecule has 0 aromatic heterocycles. The highest BCUT2D eigenvalue weighted by Gasteiger charge is 2.41. The Labute approximate surface area is 178 Å². The molecule has 1 fully saturated rings. The van der Waals surface area contributed by atoms with Crippen LogP contribution >= 0.6 is 23.4 Å². The highest BCUT2D eigenvalue weighted by Crippen LogP contribution is 2.48. The number of nitrogens with zero attached hydrogens (tertiary/aromatic N) is 1. The molecule has 1 aliphatic heterocycles. The van der Waals surface area contributed by atoms with E-state index in [2.05, 4.69) is 0 Å². The highest BCUT2D eigenvalue weighted by atomic mass is 35.5. The van der Waals surface area contributed by atoms with Crippen molar-refractivity contribution in [2.24, 2.45) is 5.92 Å². The van der Waals surface area contributed by atoms with Gasteiger partial charge in [-0.25, -0.2) is 8.78 Å². The van der Waals surface area contributed by atoms with Gasteiger partial charge >= 0.3 is 0 Å². The molecule has 1 aromatic rings. The number of rotatable bonds is 8. The minimum atomic E-state index is -2.20. The molecule has 29 heavy (non-hydrogen) atoms. The molecule has 8 heteroatoms. The van der Waals surface area contributed by atoms with Crippen molar-refractivity contribution in [2.45, 2.75) is 31.8 Å². The van der Waals surface area contributed by atoms with Crippen LogP contribution in [0.2, 0.25) is 5.02 Å². The molecule has 3 rings (SSSR count). The van der Waals surface area contributed by atoms with E-state index < -0.39 is 19.0 Å². The summed E-state index contributed by atoms with van der Waals surface area (Å²) < 4.78 is 32.2. The number of thioether (sulfide) groups is 1. The molecule has 0 spiro atoms. The predicted molar refractivity (Wildman–Crippen MR) is 112 cm³/mol. The molecule has 0 saturated heterocycles. The fourth-order valence-electron chi connectivity index (χ4n) is 3.44. The summed E-state index contributed by atoms with van der Waals surface area (Å²) >= 11 is 7.08. The van der Waals surface area contributed by atoms with Crippen molar-refractivity contribution in [3.8, 4) is 5.75 Å². The monoisotopic (exact) mass is 443 g/mol. The number of hydrogen-bond donors (Lipinski definition) is 1. The van der Waals surface area contributed by atoms with Crippen LogP contribution in [0, 0.1) is 5.92 Å². The number of carbonyl (C=O) groups is 1. The topological polar surface area (TPSA) is 49.8 Å². The van der Waals surface area contributed by atoms with Crippen molar-refractivity contribution >= 4 is 29.1 Å². The molecule has 0 radical (unpaired) electrons. The minimum absolute atomic E-state index is 0.207. The lowest BCUT2D eigenvalue weighted by Crippen LogP contribution is -2.36. The summed E-state index contributed by atoms with van der Waals surface area (Å²) in [7, 11) is 1.47. The molecule has 1 N–H and O–H groups in total. The lowest BCUT2D eigenvalue weighted by Gasteiger charge is -2.32. The van der Waals surface area contributed by atoms with Crippen LogP contribution in [0.5, 0.6) is 5.75 Å². The SMILES string of the molecule is COc1ccc(Cl)cc1C(=O)C=C1SC(C(O)(CF)CF)=C(C)N1CC1CCC1. The molecule has 4 nitrogen and oxygen atoms in total. The van der Waals surface area contributed by atoms with Gasteiger partial charge in [-0.3, -0.25) is 4.79 Å². The highest BCUT2D eigenvalue weighted by molar-refractivity contribution is 8.07. The number of benzene rings is 1. The first-order valence-electron chi connectivity index (χ1n) is 9.43. The number of hydrogen-bond acceptors (Lipinski definition) is 5. The molecule has 1 heterocycles. The zero-order chi connectivity index (χ0) is 21.2. The van der Waals surface area contributed by atoms with Crippen molar-refractivity contribution in [3.05, 3.63) is 50.5 Å². The van der Waals surface area contributed by atoms with Crippen molar-refractivity contribution in [1.29, 1.82) is 0 Å². The molecule has 2 aliphatic rings. The molecular weight excluding hydrogens is 420 g/mol. The van der Waals surface area contributed by atoms with Crippen LogP contribution in [0.25, 0.3) is 0 Å². The van der Waals surface area contributed by atoms with Gasteiger partial charge in [0.25, 0.3) is 0 Å². The summed E-state index contributed by atoms with van der Waals surface area (Å²) in [5, 5.41) is 11.3. The average Bonchev–Trinajstić information content (AvgIpc) is 2.99. The second-order valence-electron chi connectivity index (χ2n) is 7.41. The Morgan fingerprint density at radius 2 is 2.10 bits per heavy atom. The van der Waals surface area contributed by atoms with E-state index >= 15 is 0 Å². The summed E-state index contributed by atoms with van der Waals surface area (Å²) in [6.07, 6.45) is 4.72. The number of ketones is 1. The summed E-state index contributed by atoms with van der Waals surface area (Å²) in [5.74, 6) is 0.509. The summed E-state index contributed by atoms with van der Waals surface area (Å²) in [4.78, 5) is 15.1. The fourth-order valence-corrected chi connectivity index (χ4v) is 4.87. The van der Waals surface area contributed by atoms with E-state index in [1.165, 1.54) is 19.3 Å². The molecule has 0 atom stereocenters. The van der Waals surface area contributed by atoms with Crippen LogP contribution in [0.15, 0.2) is 39.9 Å². The van der Waals surface area contributed by atoms with E-state index in [0.717, 1.165) is 31.0 Å². The fraction of sp³-hybridized carbons (Fsp3) is 0.476. The van der Waals surface area contributed by atoms with Crippen LogP contribution < -0.4 is 4.74 Å². The van der Waals surface area contributed by atoms with E-state index in [0.29, 0.717) is 39.5 Å². The maximum atomic E-state index is 13.5. The first-order valence-corrected chi connectivity index (χ1v) is 10.6. The Morgan fingerprint density at radius 3 is 2.66 bits per heavy atom. The predicted octanol–water partition coefficient (Wildman–Crippen LogP) is 5.12. The van der Waals surface area contributed by atoms with Crippen LogP contribution in [0.4, 0.5) is 8.78 Å². The van der Waals surface area contributed by atoms with Gasteiger partial charge in [0.05, 0.1) is 17.7 Å². The van der Waals surface area contributed by atoms with E-state index in [9.17, 15) is 18.7 Å². The molecule has 158 valence electrons. The summed E-state index contributed by atoms with van der Waals surface area (Å²) in [5.41, 5.74) is -1.32. The van der Waals surface area contributed by atoms with Crippen LogP contribution in [-0.4, -0.2) is 48.4 Å². The second kappa shape index (κ2) is 9.06. The quantitative estimate of drug-likeness (QED) is 0.446. The van der Waals surface area contributed by atoms with Gasteiger partial charge in [0.15, 0.2) is 11.4 Å². The van der Waals surface area contributed by atoms with Crippen LogP contribution in [0.1, 0.15) is 36.5 Å². The van der Waals surface area contributed by atoms with Gasteiger partial charge in [-0.2, -0.15) is 0 Å². The lowest BCUT2D eigenvalue weighted by molar-refractivity contribution is 0.0328. The van der Waals surface area contributed by atoms with Gasteiger partial charge in [0.2, 0.25) is 0 Å². The van der Waals surface area contributed by atoms with Crippen molar-refractivity contribution in [2.75, 3.05) is 27.0 Å². The molecule has 0 amide bonds. The van der Waals surface area contributed by atoms with Gasteiger partial charge in [-0.1, -0.05) is 29.8 Å². The third-order valence-electron chi connectivity index (χ3n) is 5.42. The Hall–Kier alpha value is -1.57. The van der Waals surface area contributed by atoms with E-state index in [1.807, 2.05) is 4.90 Å². The normalized spacial score (nSPS) is 19.1. The third kappa shape index (κ3) is 4.47. The number of allylic oxidation sites excluding steroid dienone is 2. The molecule has 0 bridgehead atoms. The van der Waals surface area contributed by atoms with E-state index in [1.54, 1.807) is 19.1 Å². The smallest absolute Gasteiger partial charge is 0.192 e. The average molecular weight is 444 g/mol. The van der Waals surface area contributed by atoms with Crippen molar-refractivity contribution in [3.63, 3.8) is 0 Å². The lowest BCUT2D eigenvalue weighted by atomic mass is 9.85. The maximum Gasteiger partial charge on any atom is 0.192 e. The number of methoxy groups -OCH3 is 1. The Kier molecular flexibility index (Phi) is 6.91. The minimum Gasteiger partial charge on any atom is -0.496 e. The first-order chi connectivity index (χ1) is 13.8. The standard InChI is InChI=1S/C21H24ClF2NO3S/c1-13-20(21(27,11-23)12-24)29-19(25(13)10-14-4-3-5-14)9-17(26)16-8-15(22)6-7-18(16)28-2/h6-9,14,27H,3-5,10-12H2,1-2H3. The van der Waals surface area contributed by atoms with Crippen molar-refractivity contribution < 1.29 is 23.4 Å². The molecule has 1 saturated carbocycles. The van der Waals surface area contributed by atoms with Gasteiger partial charge < -0.3 is 14.7 Å². The molecule has 1 aliphatic carbocycles. The molecular formula is C21H24ClF2NO3S. The van der Waals surface area contributed by atoms with Crippen LogP contribution in [0.3, 0.4) is 0 Å². The number of halogens is 3. The summed E-state index contributed by atoms with van der Waals surface area (Å²) in [6.45, 7) is -0.0983. The van der Waals surface area contributed by atoms with E-state index in [-0.39, 0.29) is 10.7 Å². The molecule has 1 aromatic carbocycles. The second-order valence-corrected chi connectivity index (χ2v) is 8.88. The maximum absolute atomic E-state index is 13.5. The summed E-state index contributed by atoms with van der Waals surface area (Å²) in [6, 6.07) is 4.77. The first kappa shape index (κ1) is 22.1. The largest absolute Gasteiger partial charge is 0.496 e. The number of alkyl halides is 2. The van der Waals surface area contributed by atoms with Gasteiger partial charge in [-0.15, -0.1) is 0 Å².